The van der Waals surface area contributed by atoms with Gasteiger partial charge in [0.15, 0.2) is 0 Å². The lowest BCUT2D eigenvalue weighted by atomic mass is 10.2. The molecule has 4 nitrogen and oxygen atoms in total. The zero-order valence-electron chi connectivity index (χ0n) is 8.89. The second-order valence-electron chi connectivity index (χ2n) is 3.30. The Kier molecular flexibility index (Phi) is 3.77. The van der Waals surface area contributed by atoms with Crippen molar-refractivity contribution in [2.24, 2.45) is 0 Å². The molecule has 0 fully saturated rings. The van der Waals surface area contributed by atoms with Crippen LogP contribution in [0, 0.1) is 5.95 Å². The Labute approximate surface area is 102 Å². The summed E-state index contributed by atoms with van der Waals surface area (Å²) in [4.78, 5) is 19.1. The lowest BCUT2D eigenvalue weighted by Crippen LogP contribution is -2.25. The van der Waals surface area contributed by atoms with Crippen LogP contribution >= 0.6 is 11.3 Å². The third-order valence-electron chi connectivity index (χ3n) is 2.10. The monoisotopic (exact) mass is 251 g/mol. The number of hydrogen-bond acceptors (Lipinski definition) is 4. The minimum absolute atomic E-state index is 0.275. The maximum absolute atomic E-state index is 12.8. The van der Waals surface area contributed by atoms with Gasteiger partial charge in [0, 0.05) is 42.4 Å². The molecule has 0 aliphatic rings. The average Bonchev–Trinajstić information content (AvgIpc) is 2.82. The van der Waals surface area contributed by atoms with E-state index in [-0.39, 0.29) is 11.5 Å². The van der Waals surface area contributed by atoms with Crippen molar-refractivity contribution in [3.63, 3.8) is 0 Å². The fourth-order valence-electron chi connectivity index (χ4n) is 1.31. The minimum Gasteiger partial charge on any atom is -0.352 e. The summed E-state index contributed by atoms with van der Waals surface area (Å²) in [6, 6.07) is 2.58. The van der Waals surface area contributed by atoms with Crippen molar-refractivity contribution in [1.29, 1.82) is 0 Å². The van der Waals surface area contributed by atoms with Crippen LogP contribution in [-0.4, -0.2) is 22.4 Å². The topological polar surface area (TPSA) is 54.9 Å². The number of thiazole rings is 1. The van der Waals surface area contributed by atoms with Gasteiger partial charge in [0.2, 0.25) is 5.95 Å². The molecule has 0 aliphatic heterocycles. The second-order valence-corrected chi connectivity index (χ2v) is 4.28. The maximum Gasteiger partial charge on any atom is 0.251 e. The largest absolute Gasteiger partial charge is 0.352 e. The Morgan fingerprint density at radius 2 is 2.29 bits per heavy atom. The molecule has 6 heteroatoms. The molecule has 2 aromatic rings. The van der Waals surface area contributed by atoms with Crippen LogP contribution in [0.15, 0.2) is 29.9 Å². The average molecular weight is 251 g/mol. The Morgan fingerprint density at radius 1 is 1.41 bits per heavy atom. The number of aromatic nitrogens is 2. The first-order valence-electron chi connectivity index (χ1n) is 5.04. The zero-order chi connectivity index (χ0) is 12.1. The van der Waals surface area contributed by atoms with E-state index in [2.05, 4.69) is 15.3 Å². The van der Waals surface area contributed by atoms with Crippen molar-refractivity contribution < 1.29 is 9.18 Å². The molecule has 0 bridgehead atoms. The predicted molar refractivity (Wildman–Crippen MR) is 62.3 cm³/mol. The molecule has 2 rings (SSSR count). The molecule has 0 atom stereocenters. The van der Waals surface area contributed by atoms with Crippen molar-refractivity contribution in [1.82, 2.24) is 15.3 Å². The summed E-state index contributed by atoms with van der Waals surface area (Å²) in [6.45, 7) is 0.482. The number of nitrogens with one attached hydrogen (secondary N) is 1. The summed E-state index contributed by atoms with van der Waals surface area (Å²) in [5.74, 6) is -0.958. The van der Waals surface area contributed by atoms with Crippen LogP contribution < -0.4 is 5.32 Å². The Bertz CT molecular complexity index is 501. The van der Waals surface area contributed by atoms with Crippen LogP contribution in [0.3, 0.4) is 0 Å². The lowest BCUT2D eigenvalue weighted by molar-refractivity contribution is 0.0953. The molecule has 0 spiro atoms. The van der Waals surface area contributed by atoms with Gasteiger partial charge in [-0.3, -0.25) is 4.79 Å². The molecule has 17 heavy (non-hydrogen) atoms. The van der Waals surface area contributed by atoms with Crippen LogP contribution in [0.5, 0.6) is 0 Å². The van der Waals surface area contributed by atoms with E-state index in [0.717, 1.165) is 11.1 Å². The highest BCUT2D eigenvalue weighted by atomic mass is 32.1. The molecule has 2 aromatic heterocycles. The fourth-order valence-corrected chi connectivity index (χ4v) is 1.93. The van der Waals surface area contributed by atoms with Crippen LogP contribution in [0.25, 0.3) is 0 Å². The summed E-state index contributed by atoms with van der Waals surface area (Å²) in [5.41, 5.74) is 0.275. The Balaban J connectivity index is 1.85. The number of carbonyl (C=O) groups is 1. The Hall–Kier alpha value is -1.82. The van der Waals surface area contributed by atoms with Gasteiger partial charge in [-0.15, -0.1) is 11.3 Å². The van der Waals surface area contributed by atoms with Gasteiger partial charge in [-0.25, -0.2) is 9.97 Å². The van der Waals surface area contributed by atoms with E-state index in [1.807, 2.05) is 5.38 Å². The van der Waals surface area contributed by atoms with Crippen molar-refractivity contribution in [2.75, 3.05) is 6.54 Å². The molecule has 0 saturated heterocycles. The van der Waals surface area contributed by atoms with Crippen LogP contribution in [0.4, 0.5) is 4.39 Å². The van der Waals surface area contributed by atoms with E-state index in [4.69, 9.17) is 0 Å². The molecule has 1 N–H and O–H groups in total. The number of pyridine rings is 1. The first kappa shape index (κ1) is 11.7. The van der Waals surface area contributed by atoms with E-state index in [1.54, 1.807) is 17.5 Å². The highest BCUT2D eigenvalue weighted by Crippen LogP contribution is 2.04. The van der Waals surface area contributed by atoms with E-state index in [0.29, 0.717) is 13.0 Å². The number of rotatable bonds is 4. The first-order chi connectivity index (χ1) is 8.25. The fraction of sp³-hybridized carbons (Fsp3) is 0.182. The van der Waals surface area contributed by atoms with Crippen molar-refractivity contribution in [3.8, 4) is 0 Å². The SMILES string of the molecule is O=C(NCCc1nccs1)c1ccnc(F)c1. The molecule has 0 saturated carbocycles. The zero-order valence-corrected chi connectivity index (χ0v) is 9.71. The molecule has 88 valence electrons. The summed E-state index contributed by atoms with van der Waals surface area (Å²) < 4.78 is 12.8. The van der Waals surface area contributed by atoms with Gasteiger partial charge in [0.05, 0.1) is 5.01 Å². The molecular formula is C11H10FN3OS. The summed E-state index contributed by atoms with van der Waals surface area (Å²) in [5, 5.41) is 5.55. The number of nitrogens with zero attached hydrogens (tertiary/aromatic N) is 2. The van der Waals surface area contributed by atoms with Crippen molar-refractivity contribution >= 4 is 17.2 Å². The molecule has 0 radical (unpaired) electrons. The number of amides is 1. The van der Waals surface area contributed by atoms with Crippen molar-refractivity contribution in [3.05, 3.63) is 46.4 Å². The maximum atomic E-state index is 12.8. The van der Waals surface area contributed by atoms with Gasteiger partial charge in [-0.05, 0) is 6.07 Å². The highest BCUT2D eigenvalue weighted by Gasteiger charge is 2.06. The predicted octanol–water partition coefficient (Wildman–Crippen LogP) is 1.65. The van der Waals surface area contributed by atoms with Gasteiger partial charge < -0.3 is 5.32 Å². The van der Waals surface area contributed by atoms with Crippen LogP contribution in [-0.2, 0) is 6.42 Å². The first-order valence-corrected chi connectivity index (χ1v) is 5.92. The van der Waals surface area contributed by atoms with Crippen molar-refractivity contribution in [2.45, 2.75) is 6.42 Å². The number of hydrogen-bond donors (Lipinski definition) is 1. The number of halogens is 1. The third-order valence-corrected chi connectivity index (χ3v) is 2.94. The number of carbonyl (C=O) groups excluding carboxylic acids is 1. The lowest BCUT2D eigenvalue weighted by Gasteiger charge is -2.03. The summed E-state index contributed by atoms with van der Waals surface area (Å²) in [6.07, 6.45) is 3.67. The Morgan fingerprint density at radius 3 is 3.00 bits per heavy atom. The van der Waals surface area contributed by atoms with Gasteiger partial charge in [-0.2, -0.15) is 4.39 Å². The summed E-state index contributed by atoms with van der Waals surface area (Å²) >= 11 is 1.54. The highest BCUT2D eigenvalue weighted by molar-refractivity contribution is 7.09. The summed E-state index contributed by atoms with van der Waals surface area (Å²) in [7, 11) is 0. The van der Waals surface area contributed by atoms with Gasteiger partial charge >= 0.3 is 0 Å². The van der Waals surface area contributed by atoms with Gasteiger partial charge in [0.25, 0.3) is 5.91 Å². The van der Waals surface area contributed by atoms with E-state index in [1.165, 1.54) is 12.3 Å². The molecule has 0 aliphatic carbocycles. The standard InChI is InChI=1S/C11H10FN3OS/c12-9-7-8(1-3-13-9)11(16)15-4-2-10-14-5-6-17-10/h1,3,5-7H,2,4H2,(H,15,16). The molecule has 1 amide bonds. The molecule has 2 heterocycles. The second kappa shape index (κ2) is 5.49. The third kappa shape index (κ3) is 3.32. The van der Waals surface area contributed by atoms with E-state index in [9.17, 15) is 9.18 Å². The molecular weight excluding hydrogens is 241 g/mol. The van der Waals surface area contributed by atoms with Gasteiger partial charge in [0.1, 0.15) is 0 Å². The quantitative estimate of drug-likeness (QED) is 0.841. The molecule has 0 aromatic carbocycles. The van der Waals surface area contributed by atoms with E-state index < -0.39 is 5.95 Å². The van der Waals surface area contributed by atoms with Crippen LogP contribution in [0.1, 0.15) is 15.4 Å². The minimum atomic E-state index is -0.655. The molecule has 0 unspecified atom stereocenters. The smallest absolute Gasteiger partial charge is 0.251 e. The normalized spacial score (nSPS) is 10.2. The van der Waals surface area contributed by atoms with Crippen LogP contribution in [0.2, 0.25) is 0 Å². The van der Waals surface area contributed by atoms with E-state index >= 15 is 0 Å². The van der Waals surface area contributed by atoms with Gasteiger partial charge in [-0.1, -0.05) is 0 Å².